The van der Waals surface area contributed by atoms with Crippen molar-refractivity contribution in [2.75, 3.05) is 18.8 Å². The molecular formula is C18H14N2O6. The molecule has 2 aliphatic heterocycles. The molecular weight excluding hydrogens is 340 g/mol. The normalized spacial score (nSPS) is 15.8. The number of benzene rings is 2. The number of hydrogen-bond acceptors (Lipinski definition) is 6. The molecule has 4 amide bonds. The van der Waals surface area contributed by atoms with E-state index in [1.165, 1.54) is 7.11 Å². The number of nitrogens with zero attached hydrogens (tertiary/aromatic N) is 2. The Bertz CT molecular complexity index is 908. The zero-order valence-corrected chi connectivity index (χ0v) is 13.8. The first-order chi connectivity index (χ1) is 12.6. The number of amides is 4. The van der Waals surface area contributed by atoms with Crippen LogP contribution in [0.1, 0.15) is 5.56 Å². The van der Waals surface area contributed by atoms with Crippen LogP contribution in [0.2, 0.25) is 0 Å². The Morgan fingerprint density at radius 2 is 1.69 bits per heavy atom. The van der Waals surface area contributed by atoms with Gasteiger partial charge in [0, 0.05) is 0 Å². The monoisotopic (exact) mass is 354 g/mol. The molecule has 0 atom stereocenters. The van der Waals surface area contributed by atoms with Crippen molar-refractivity contribution in [3.8, 4) is 17.2 Å². The first-order valence-electron chi connectivity index (χ1n) is 7.81. The van der Waals surface area contributed by atoms with Crippen LogP contribution in [0.4, 0.5) is 10.5 Å². The van der Waals surface area contributed by atoms with Crippen LogP contribution in [0.3, 0.4) is 0 Å². The molecule has 0 N–H and O–H groups in total. The van der Waals surface area contributed by atoms with Gasteiger partial charge in [0.25, 0.3) is 0 Å². The lowest BCUT2D eigenvalue weighted by atomic mass is 10.2. The predicted molar refractivity (Wildman–Crippen MR) is 89.0 cm³/mol. The van der Waals surface area contributed by atoms with E-state index in [2.05, 4.69) is 0 Å². The zero-order chi connectivity index (χ0) is 18.3. The third kappa shape index (κ3) is 2.52. The molecule has 0 bridgehead atoms. The highest BCUT2D eigenvalue weighted by molar-refractivity contribution is 6.52. The summed E-state index contributed by atoms with van der Waals surface area (Å²) in [7, 11) is 1.51. The Balaban J connectivity index is 1.58. The Labute approximate surface area is 148 Å². The van der Waals surface area contributed by atoms with E-state index in [-0.39, 0.29) is 13.3 Å². The number of urea groups is 1. The van der Waals surface area contributed by atoms with Crippen molar-refractivity contribution in [2.24, 2.45) is 0 Å². The fourth-order valence-corrected chi connectivity index (χ4v) is 2.83. The van der Waals surface area contributed by atoms with Gasteiger partial charge in [-0.3, -0.25) is 14.5 Å². The van der Waals surface area contributed by atoms with Crippen LogP contribution in [0.15, 0.2) is 42.5 Å². The molecule has 0 unspecified atom stereocenters. The minimum Gasteiger partial charge on any atom is -0.497 e. The summed E-state index contributed by atoms with van der Waals surface area (Å²) in [4.78, 5) is 39.0. The number of ether oxygens (including phenoxy) is 3. The number of fused-ring (bicyclic) bond motifs is 1. The summed E-state index contributed by atoms with van der Waals surface area (Å²) < 4.78 is 15.6. The summed E-state index contributed by atoms with van der Waals surface area (Å²) in [5, 5.41) is 0. The van der Waals surface area contributed by atoms with Crippen LogP contribution in [-0.4, -0.2) is 36.6 Å². The van der Waals surface area contributed by atoms with Gasteiger partial charge >= 0.3 is 17.8 Å². The second kappa shape index (κ2) is 6.07. The predicted octanol–water partition coefficient (Wildman–Crippen LogP) is 1.92. The largest absolute Gasteiger partial charge is 0.497 e. The van der Waals surface area contributed by atoms with Crippen molar-refractivity contribution in [1.29, 1.82) is 0 Å². The van der Waals surface area contributed by atoms with Crippen molar-refractivity contribution in [2.45, 2.75) is 6.54 Å². The minimum atomic E-state index is -0.888. The van der Waals surface area contributed by atoms with Gasteiger partial charge in [0.05, 0.1) is 19.3 Å². The third-order valence-electron chi connectivity index (χ3n) is 4.16. The summed E-state index contributed by atoms with van der Waals surface area (Å²) in [6, 6.07) is 10.7. The molecule has 0 radical (unpaired) electrons. The van der Waals surface area contributed by atoms with E-state index in [4.69, 9.17) is 14.2 Å². The van der Waals surface area contributed by atoms with E-state index >= 15 is 0 Å². The molecule has 2 aliphatic rings. The molecule has 0 spiro atoms. The van der Waals surface area contributed by atoms with Crippen molar-refractivity contribution in [3.63, 3.8) is 0 Å². The van der Waals surface area contributed by atoms with Crippen molar-refractivity contribution in [3.05, 3.63) is 48.0 Å². The first kappa shape index (κ1) is 15.9. The molecule has 8 heteroatoms. The van der Waals surface area contributed by atoms with Crippen LogP contribution in [0, 0.1) is 0 Å². The van der Waals surface area contributed by atoms with Gasteiger partial charge < -0.3 is 14.2 Å². The standard InChI is InChI=1S/C18H14N2O6/c1-24-13-5-3-12(4-6-13)20-17(22)16(21)19(18(20)23)9-11-2-7-14-15(8-11)26-10-25-14/h2-8H,9-10H2,1H3. The third-order valence-corrected chi connectivity index (χ3v) is 4.16. The molecule has 0 saturated carbocycles. The number of carbonyl (C=O) groups is 3. The molecule has 0 aliphatic carbocycles. The van der Waals surface area contributed by atoms with Crippen molar-refractivity contribution in [1.82, 2.24) is 4.90 Å². The molecule has 0 aromatic heterocycles. The van der Waals surface area contributed by atoms with Crippen LogP contribution in [0.5, 0.6) is 17.2 Å². The van der Waals surface area contributed by atoms with E-state index in [1.807, 2.05) is 0 Å². The van der Waals surface area contributed by atoms with Crippen molar-refractivity contribution >= 4 is 23.5 Å². The molecule has 2 aromatic rings. The maximum Gasteiger partial charge on any atom is 0.339 e. The highest BCUT2D eigenvalue weighted by atomic mass is 16.7. The van der Waals surface area contributed by atoms with Gasteiger partial charge in [-0.1, -0.05) is 6.07 Å². The Morgan fingerprint density at radius 3 is 2.42 bits per heavy atom. The highest BCUT2D eigenvalue weighted by Crippen LogP contribution is 2.33. The number of hydrogen-bond donors (Lipinski definition) is 0. The van der Waals surface area contributed by atoms with E-state index in [0.29, 0.717) is 28.5 Å². The van der Waals surface area contributed by atoms with E-state index < -0.39 is 17.8 Å². The molecule has 2 aromatic carbocycles. The summed E-state index contributed by atoms with van der Waals surface area (Å²) in [6.07, 6.45) is 0. The highest BCUT2D eigenvalue weighted by Gasteiger charge is 2.45. The maximum atomic E-state index is 12.6. The Kier molecular flexibility index (Phi) is 3.72. The number of methoxy groups -OCH3 is 1. The van der Waals surface area contributed by atoms with E-state index in [1.54, 1.807) is 42.5 Å². The molecule has 8 nitrogen and oxygen atoms in total. The molecule has 1 saturated heterocycles. The lowest BCUT2D eigenvalue weighted by molar-refractivity contribution is -0.139. The Morgan fingerprint density at radius 1 is 0.962 bits per heavy atom. The average Bonchev–Trinajstić information content (AvgIpc) is 3.20. The van der Waals surface area contributed by atoms with Gasteiger partial charge in [0.2, 0.25) is 6.79 Å². The van der Waals surface area contributed by atoms with Gasteiger partial charge in [-0.05, 0) is 42.0 Å². The summed E-state index contributed by atoms with van der Waals surface area (Å²) in [5.74, 6) is -0.0375. The van der Waals surface area contributed by atoms with E-state index in [9.17, 15) is 14.4 Å². The number of carbonyl (C=O) groups excluding carboxylic acids is 3. The van der Waals surface area contributed by atoms with E-state index in [0.717, 1.165) is 9.80 Å². The quantitative estimate of drug-likeness (QED) is 0.616. The van der Waals surface area contributed by atoms with Crippen LogP contribution < -0.4 is 19.1 Å². The van der Waals surface area contributed by atoms with Crippen molar-refractivity contribution < 1.29 is 28.6 Å². The zero-order valence-electron chi connectivity index (χ0n) is 13.8. The second-order valence-corrected chi connectivity index (χ2v) is 5.70. The second-order valence-electron chi connectivity index (χ2n) is 5.70. The average molecular weight is 354 g/mol. The molecule has 132 valence electrons. The number of imide groups is 2. The summed E-state index contributed by atoms with van der Waals surface area (Å²) in [6.45, 7) is 0.0940. The summed E-state index contributed by atoms with van der Waals surface area (Å²) in [5.41, 5.74) is 0.961. The molecule has 2 heterocycles. The SMILES string of the molecule is COc1ccc(N2C(=O)C(=O)N(Cc3ccc4c(c3)OCO4)C2=O)cc1. The van der Waals surface area contributed by atoms with Gasteiger partial charge in [-0.15, -0.1) is 0 Å². The molecule has 1 fully saturated rings. The molecule has 26 heavy (non-hydrogen) atoms. The smallest absolute Gasteiger partial charge is 0.339 e. The lowest BCUT2D eigenvalue weighted by Crippen LogP contribution is -2.33. The van der Waals surface area contributed by atoms with Gasteiger partial charge in [-0.2, -0.15) is 0 Å². The first-order valence-corrected chi connectivity index (χ1v) is 7.81. The molecule has 4 rings (SSSR count). The topological polar surface area (TPSA) is 85.4 Å². The lowest BCUT2D eigenvalue weighted by Gasteiger charge is -2.16. The van der Waals surface area contributed by atoms with Gasteiger partial charge in [0.1, 0.15) is 5.75 Å². The number of rotatable bonds is 4. The van der Waals surface area contributed by atoms with Gasteiger partial charge in [0.15, 0.2) is 11.5 Å². The fourth-order valence-electron chi connectivity index (χ4n) is 2.83. The Hall–Kier alpha value is -3.55. The van der Waals surface area contributed by atoms with Crippen LogP contribution >= 0.6 is 0 Å². The van der Waals surface area contributed by atoms with Gasteiger partial charge in [-0.25, -0.2) is 9.69 Å². The fraction of sp³-hybridized carbons (Fsp3) is 0.167. The minimum absolute atomic E-state index is 0.0350. The summed E-state index contributed by atoms with van der Waals surface area (Å²) >= 11 is 0. The van der Waals surface area contributed by atoms with Crippen LogP contribution in [0.25, 0.3) is 0 Å². The number of anilines is 1. The maximum absolute atomic E-state index is 12.6. The van der Waals surface area contributed by atoms with Crippen LogP contribution in [-0.2, 0) is 16.1 Å².